The Morgan fingerprint density at radius 1 is 1.44 bits per heavy atom. The molecule has 2 rings (SSSR count). The maximum atomic E-state index is 5.85. The fraction of sp³-hybridized carbons (Fsp3) is 0.600. The summed E-state index contributed by atoms with van der Waals surface area (Å²) in [5.41, 5.74) is 9.68. The minimum Gasteiger partial charge on any atom is -0.374 e. The van der Waals surface area contributed by atoms with E-state index in [1.54, 1.807) is 0 Å². The highest BCUT2D eigenvalue weighted by atomic mass is 15.2. The lowest BCUT2D eigenvalue weighted by atomic mass is 10.1. The third kappa shape index (κ3) is 3.03. The largest absolute Gasteiger partial charge is 0.374 e. The maximum Gasteiger partial charge on any atom is 0.0409 e. The monoisotopic (exact) mass is 247 g/mol. The van der Waals surface area contributed by atoms with Crippen LogP contribution in [0.25, 0.3) is 0 Å². The van der Waals surface area contributed by atoms with E-state index >= 15 is 0 Å². The van der Waals surface area contributed by atoms with E-state index in [1.807, 2.05) is 0 Å². The number of likely N-dealkylation sites (tertiary alicyclic amines) is 1. The summed E-state index contributed by atoms with van der Waals surface area (Å²) < 4.78 is 0. The predicted molar refractivity (Wildman–Crippen MR) is 77.9 cm³/mol. The number of anilines is 1. The second-order valence-electron chi connectivity index (χ2n) is 5.63. The van der Waals surface area contributed by atoms with Crippen molar-refractivity contribution in [2.75, 3.05) is 38.6 Å². The van der Waals surface area contributed by atoms with Crippen molar-refractivity contribution in [1.82, 2.24) is 4.90 Å². The smallest absolute Gasteiger partial charge is 0.0409 e. The second kappa shape index (κ2) is 5.72. The molecule has 1 saturated heterocycles. The Labute approximate surface area is 111 Å². The van der Waals surface area contributed by atoms with Crippen LogP contribution in [0.3, 0.4) is 0 Å². The van der Waals surface area contributed by atoms with Crippen molar-refractivity contribution in [2.24, 2.45) is 11.7 Å². The molecule has 1 unspecified atom stereocenters. The lowest BCUT2D eigenvalue weighted by molar-refractivity contribution is 0.396. The van der Waals surface area contributed by atoms with Gasteiger partial charge in [0.15, 0.2) is 0 Å². The summed E-state index contributed by atoms with van der Waals surface area (Å²) in [6, 6.07) is 6.58. The molecule has 0 aliphatic carbocycles. The molecule has 0 spiro atoms. The van der Waals surface area contributed by atoms with Gasteiger partial charge < -0.3 is 15.5 Å². The molecule has 3 nitrogen and oxygen atoms in total. The van der Waals surface area contributed by atoms with Crippen LogP contribution in [0.4, 0.5) is 5.69 Å². The molecule has 0 bridgehead atoms. The third-order valence-corrected chi connectivity index (χ3v) is 3.89. The van der Waals surface area contributed by atoms with E-state index in [2.05, 4.69) is 49.0 Å². The second-order valence-corrected chi connectivity index (χ2v) is 5.63. The predicted octanol–water partition coefficient (Wildman–Crippen LogP) is 1.84. The highest BCUT2D eigenvalue weighted by Crippen LogP contribution is 2.23. The van der Waals surface area contributed by atoms with Crippen molar-refractivity contribution in [3.8, 4) is 0 Å². The number of nitrogens with zero attached hydrogens (tertiary/aromatic N) is 2. The first-order valence-corrected chi connectivity index (χ1v) is 6.79. The summed E-state index contributed by atoms with van der Waals surface area (Å²) in [5.74, 6) is 0.784. The quantitative estimate of drug-likeness (QED) is 0.881. The molecule has 0 amide bonds. The van der Waals surface area contributed by atoms with Gasteiger partial charge in [0.2, 0.25) is 0 Å². The average Bonchev–Trinajstić information content (AvgIpc) is 2.74. The minimum atomic E-state index is 0.617. The van der Waals surface area contributed by atoms with E-state index in [1.165, 1.54) is 36.3 Å². The first-order chi connectivity index (χ1) is 8.60. The Kier molecular flexibility index (Phi) is 4.25. The molecule has 1 aromatic rings. The van der Waals surface area contributed by atoms with Crippen LogP contribution < -0.4 is 10.6 Å². The summed E-state index contributed by atoms with van der Waals surface area (Å²) in [6.45, 7) is 6.31. The zero-order valence-electron chi connectivity index (χ0n) is 11.8. The summed E-state index contributed by atoms with van der Waals surface area (Å²) in [5, 5.41) is 0. The molecular formula is C15H25N3. The molecule has 0 aromatic heterocycles. The van der Waals surface area contributed by atoms with Crippen molar-refractivity contribution in [2.45, 2.75) is 19.9 Å². The Hall–Kier alpha value is -1.06. The fourth-order valence-electron chi connectivity index (χ4n) is 2.91. The van der Waals surface area contributed by atoms with E-state index < -0.39 is 0 Å². The molecule has 18 heavy (non-hydrogen) atoms. The maximum absolute atomic E-state index is 5.85. The van der Waals surface area contributed by atoms with Crippen LogP contribution >= 0.6 is 0 Å². The lowest BCUT2D eigenvalue weighted by Crippen LogP contribution is -2.28. The first-order valence-electron chi connectivity index (χ1n) is 6.79. The first kappa shape index (κ1) is 13.4. The van der Waals surface area contributed by atoms with Crippen molar-refractivity contribution >= 4 is 5.69 Å². The molecule has 2 N–H and O–H groups in total. The van der Waals surface area contributed by atoms with Crippen molar-refractivity contribution in [1.29, 1.82) is 0 Å². The molecule has 1 atom stereocenters. The van der Waals surface area contributed by atoms with Gasteiger partial charge in [-0.05, 0) is 44.5 Å². The molecule has 100 valence electrons. The lowest BCUT2D eigenvalue weighted by Gasteiger charge is -2.25. The number of rotatable bonds is 4. The van der Waals surface area contributed by atoms with Gasteiger partial charge in [-0.25, -0.2) is 0 Å². The van der Waals surface area contributed by atoms with Gasteiger partial charge in [0.25, 0.3) is 0 Å². The van der Waals surface area contributed by atoms with Crippen molar-refractivity contribution in [3.63, 3.8) is 0 Å². The third-order valence-electron chi connectivity index (χ3n) is 3.89. The zero-order chi connectivity index (χ0) is 13.1. The van der Waals surface area contributed by atoms with Crippen LogP contribution in [0.5, 0.6) is 0 Å². The van der Waals surface area contributed by atoms with E-state index in [9.17, 15) is 0 Å². The van der Waals surface area contributed by atoms with Crippen LogP contribution in [0.2, 0.25) is 0 Å². The van der Waals surface area contributed by atoms with Crippen LogP contribution in [0.15, 0.2) is 18.2 Å². The Morgan fingerprint density at radius 2 is 2.22 bits per heavy atom. The number of hydrogen-bond donors (Lipinski definition) is 1. The Balaban J connectivity index is 2.06. The zero-order valence-corrected chi connectivity index (χ0v) is 11.8. The molecule has 0 saturated carbocycles. The van der Waals surface area contributed by atoms with Gasteiger partial charge in [-0.1, -0.05) is 17.7 Å². The van der Waals surface area contributed by atoms with E-state index in [4.69, 9.17) is 5.73 Å². The van der Waals surface area contributed by atoms with Gasteiger partial charge >= 0.3 is 0 Å². The van der Waals surface area contributed by atoms with Crippen LogP contribution in [0.1, 0.15) is 17.5 Å². The average molecular weight is 247 g/mol. The summed E-state index contributed by atoms with van der Waals surface area (Å²) >= 11 is 0. The SMILES string of the molecule is Cc1ccc(N(C)CC2CCN(C)C2)c(CN)c1. The van der Waals surface area contributed by atoms with E-state index in [0.717, 1.165) is 12.5 Å². The molecule has 1 aromatic carbocycles. The van der Waals surface area contributed by atoms with Gasteiger partial charge in [-0.2, -0.15) is 0 Å². The molecule has 3 heteroatoms. The number of nitrogens with two attached hydrogens (primary N) is 1. The van der Waals surface area contributed by atoms with Crippen LogP contribution in [-0.2, 0) is 6.54 Å². The van der Waals surface area contributed by atoms with Crippen LogP contribution in [0, 0.1) is 12.8 Å². The van der Waals surface area contributed by atoms with Gasteiger partial charge in [-0.3, -0.25) is 0 Å². The van der Waals surface area contributed by atoms with Gasteiger partial charge in [0.1, 0.15) is 0 Å². The molecular weight excluding hydrogens is 222 g/mol. The van der Waals surface area contributed by atoms with Gasteiger partial charge in [-0.15, -0.1) is 0 Å². The molecule has 1 aliphatic rings. The molecule has 1 heterocycles. The Bertz CT molecular complexity index is 403. The Morgan fingerprint density at radius 3 is 2.83 bits per heavy atom. The fourth-order valence-corrected chi connectivity index (χ4v) is 2.91. The normalized spacial score (nSPS) is 20.3. The van der Waals surface area contributed by atoms with E-state index in [-0.39, 0.29) is 0 Å². The summed E-state index contributed by atoms with van der Waals surface area (Å²) in [4.78, 5) is 4.78. The summed E-state index contributed by atoms with van der Waals surface area (Å²) in [7, 11) is 4.39. The standard InChI is InChI=1S/C15H25N3/c1-12-4-5-15(14(8-12)9-16)18(3)11-13-6-7-17(2)10-13/h4-5,8,13H,6-7,9-11,16H2,1-3H3. The number of aryl methyl sites for hydroxylation is 1. The molecule has 0 radical (unpaired) electrons. The number of hydrogen-bond acceptors (Lipinski definition) is 3. The van der Waals surface area contributed by atoms with Gasteiger partial charge in [0, 0.05) is 32.4 Å². The topological polar surface area (TPSA) is 32.5 Å². The molecule has 1 aliphatic heterocycles. The molecule has 1 fully saturated rings. The van der Waals surface area contributed by atoms with Crippen LogP contribution in [-0.4, -0.2) is 38.6 Å². The highest BCUT2D eigenvalue weighted by Gasteiger charge is 2.21. The number of benzene rings is 1. The van der Waals surface area contributed by atoms with Crippen molar-refractivity contribution < 1.29 is 0 Å². The minimum absolute atomic E-state index is 0.617. The van der Waals surface area contributed by atoms with E-state index in [0.29, 0.717) is 6.54 Å². The summed E-state index contributed by atoms with van der Waals surface area (Å²) in [6.07, 6.45) is 1.31. The van der Waals surface area contributed by atoms with Gasteiger partial charge in [0.05, 0.1) is 0 Å². The highest BCUT2D eigenvalue weighted by molar-refractivity contribution is 5.54. The van der Waals surface area contributed by atoms with Crippen molar-refractivity contribution in [3.05, 3.63) is 29.3 Å².